The molecule has 0 aromatic rings. The van der Waals surface area contributed by atoms with Crippen LogP contribution < -0.4 is 5.32 Å². The van der Waals surface area contributed by atoms with Crippen molar-refractivity contribution < 1.29 is 4.74 Å². The molecule has 0 radical (unpaired) electrons. The van der Waals surface area contributed by atoms with E-state index in [-0.39, 0.29) is 5.72 Å². The lowest BCUT2D eigenvalue weighted by molar-refractivity contribution is -0.151. The van der Waals surface area contributed by atoms with E-state index in [0.717, 1.165) is 13.0 Å². The Hall–Kier alpha value is -0.0800. The molecule has 1 unspecified atom stereocenters. The van der Waals surface area contributed by atoms with Crippen LogP contribution in [-0.4, -0.2) is 19.4 Å². The first-order chi connectivity index (χ1) is 3.27. The Morgan fingerprint density at radius 2 is 2.29 bits per heavy atom. The maximum absolute atomic E-state index is 5.16. The monoisotopic (exact) mass is 101 g/mol. The van der Waals surface area contributed by atoms with E-state index in [1.807, 2.05) is 7.05 Å². The van der Waals surface area contributed by atoms with Gasteiger partial charge in [0.2, 0.25) is 0 Å². The number of hydrogen-bond acceptors (Lipinski definition) is 2. The molecule has 0 aromatic heterocycles. The van der Waals surface area contributed by atoms with Gasteiger partial charge >= 0.3 is 0 Å². The van der Waals surface area contributed by atoms with Crippen molar-refractivity contribution in [3.8, 4) is 0 Å². The minimum Gasteiger partial charge on any atom is -0.361 e. The van der Waals surface area contributed by atoms with Crippen molar-refractivity contribution in [2.45, 2.75) is 19.1 Å². The van der Waals surface area contributed by atoms with Crippen LogP contribution >= 0.6 is 0 Å². The van der Waals surface area contributed by atoms with Crippen LogP contribution in [0.15, 0.2) is 0 Å². The van der Waals surface area contributed by atoms with Gasteiger partial charge in [0.1, 0.15) is 5.72 Å². The Labute approximate surface area is 43.9 Å². The summed E-state index contributed by atoms with van der Waals surface area (Å²) in [4.78, 5) is 0. The highest BCUT2D eigenvalue weighted by atomic mass is 16.5. The van der Waals surface area contributed by atoms with Crippen molar-refractivity contribution in [1.29, 1.82) is 0 Å². The van der Waals surface area contributed by atoms with Gasteiger partial charge in [-0.15, -0.1) is 0 Å². The lowest BCUT2D eigenvalue weighted by Crippen LogP contribution is -2.51. The molecule has 0 saturated carbocycles. The fourth-order valence-electron chi connectivity index (χ4n) is 0.605. The molecular weight excluding hydrogens is 90.1 g/mol. The third-order valence-corrected chi connectivity index (χ3v) is 1.53. The van der Waals surface area contributed by atoms with Crippen LogP contribution in [0, 0.1) is 0 Å². The Kier molecular flexibility index (Phi) is 1.05. The largest absolute Gasteiger partial charge is 0.361 e. The van der Waals surface area contributed by atoms with E-state index in [9.17, 15) is 0 Å². The molecule has 1 N–H and O–H groups in total. The van der Waals surface area contributed by atoms with Gasteiger partial charge in [0, 0.05) is 6.42 Å². The van der Waals surface area contributed by atoms with Crippen LogP contribution in [0.25, 0.3) is 0 Å². The summed E-state index contributed by atoms with van der Waals surface area (Å²) in [5, 5.41) is 3.06. The summed E-state index contributed by atoms with van der Waals surface area (Å²) in [6, 6.07) is 0. The van der Waals surface area contributed by atoms with Gasteiger partial charge in [0.15, 0.2) is 0 Å². The quantitative estimate of drug-likeness (QED) is 0.514. The second-order valence-electron chi connectivity index (χ2n) is 2.08. The highest BCUT2D eigenvalue weighted by Gasteiger charge is 2.30. The molecule has 2 nitrogen and oxygen atoms in total. The van der Waals surface area contributed by atoms with Crippen molar-refractivity contribution >= 4 is 0 Å². The van der Waals surface area contributed by atoms with E-state index in [2.05, 4.69) is 12.2 Å². The van der Waals surface area contributed by atoms with Crippen LogP contribution in [0.5, 0.6) is 0 Å². The van der Waals surface area contributed by atoms with E-state index in [1.54, 1.807) is 0 Å². The SMILES string of the molecule is CNC1(C)CCO1. The standard InChI is InChI=1S/C5H11NO/c1-5(6-2)3-4-7-5/h6H,3-4H2,1-2H3. The summed E-state index contributed by atoms with van der Waals surface area (Å²) in [5.41, 5.74) is 0.0139. The zero-order valence-electron chi connectivity index (χ0n) is 4.82. The number of nitrogens with one attached hydrogen (secondary N) is 1. The first kappa shape index (κ1) is 5.06. The molecule has 1 heterocycles. The summed E-state index contributed by atoms with van der Waals surface area (Å²) in [7, 11) is 1.92. The van der Waals surface area contributed by atoms with E-state index >= 15 is 0 Å². The fraction of sp³-hybridized carbons (Fsp3) is 1.00. The molecule has 1 saturated heterocycles. The van der Waals surface area contributed by atoms with Crippen LogP contribution in [0.1, 0.15) is 13.3 Å². The third-order valence-electron chi connectivity index (χ3n) is 1.53. The lowest BCUT2D eigenvalue weighted by atomic mass is 10.1. The molecule has 1 fully saturated rings. The fourth-order valence-corrected chi connectivity index (χ4v) is 0.605. The predicted molar refractivity (Wildman–Crippen MR) is 28.0 cm³/mol. The Morgan fingerprint density at radius 1 is 1.71 bits per heavy atom. The average Bonchev–Trinajstić information content (AvgIpc) is 1.61. The molecule has 1 aliphatic rings. The van der Waals surface area contributed by atoms with Crippen LogP contribution in [0.3, 0.4) is 0 Å². The van der Waals surface area contributed by atoms with Crippen molar-refractivity contribution in [2.24, 2.45) is 0 Å². The minimum absolute atomic E-state index is 0.0139. The summed E-state index contributed by atoms with van der Waals surface area (Å²) >= 11 is 0. The summed E-state index contributed by atoms with van der Waals surface area (Å²) in [6.07, 6.45) is 1.14. The van der Waals surface area contributed by atoms with Gasteiger partial charge in [-0.05, 0) is 14.0 Å². The van der Waals surface area contributed by atoms with E-state index in [1.165, 1.54) is 0 Å². The number of hydrogen-bond donors (Lipinski definition) is 1. The van der Waals surface area contributed by atoms with E-state index in [0.29, 0.717) is 0 Å². The zero-order valence-corrected chi connectivity index (χ0v) is 4.82. The van der Waals surface area contributed by atoms with Gasteiger partial charge < -0.3 is 4.74 Å². The molecule has 42 valence electrons. The molecule has 2 heteroatoms. The van der Waals surface area contributed by atoms with Crippen molar-refractivity contribution in [3.63, 3.8) is 0 Å². The maximum Gasteiger partial charge on any atom is 0.118 e. The molecule has 0 bridgehead atoms. The summed E-state index contributed by atoms with van der Waals surface area (Å²) in [5.74, 6) is 0. The minimum atomic E-state index is 0.0139. The maximum atomic E-state index is 5.16. The second-order valence-corrected chi connectivity index (χ2v) is 2.08. The topological polar surface area (TPSA) is 21.3 Å². The molecule has 0 aliphatic carbocycles. The van der Waals surface area contributed by atoms with Gasteiger partial charge in [-0.3, -0.25) is 5.32 Å². The van der Waals surface area contributed by atoms with E-state index < -0.39 is 0 Å². The summed E-state index contributed by atoms with van der Waals surface area (Å²) < 4.78 is 5.16. The molecule has 0 spiro atoms. The highest BCUT2D eigenvalue weighted by molar-refractivity contribution is 4.76. The van der Waals surface area contributed by atoms with Crippen LogP contribution in [0.2, 0.25) is 0 Å². The first-order valence-corrected chi connectivity index (χ1v) is 2.60. The highest BCUT2D eigenvalue weighted by Crippen LogP contribution is 2.20. The van der Waals surface area contributed by atoms with Gasteiger partial charge in [-0.2, -0.15) is 0 Å². The zero-order chi connectivity index (χ0) is 5.33. The van der Waals surface area contributed by atoms with Crippen molar-refractivity contribution in [1.82, 2.24) is 5.32 Å². The van der Waals surface area contributed by atoms with Gasteiger partial charge in [0.25, 0.3) is 0 Å². The summed E-state index contributed by atoms with van der Waals surface area (Å²) in [6.45, 7) is 2.97. The van der Waals surface area contributed by atoms with Gasteiger partial charge in [-0.25, -0.2) is 0 Å². The van der Waals surface area contributed by atoms with Gasteiger partial charge in [0.05, 0.1) is 6.61 Å². The Bertz CT molecular complexity index is 63.0. The van der Waals surface area contributed by atoms with Crippen molar-refractivity contribution in [2.75, 3.05) is 13.7 Å². The molecule has 1 atom stereocenters. The number of rotatable bonds is 1. The smallest absolute Gasteiger partial charge is 0.118 e. The third kappa shape index (κ3) is 0.763. The van der Waals surface area contributed by atoms with Crippen molar-refractivity contribution in [3.05, 3.63) is 0 Å². The normalized spacial score (nSPS) is 40.3. The average molecular weight is 101 g/mol. The van der Waals surface area contributed by atoms with Gasteiger partial charge in [-0.1, -0.05) is 0 Å². The molecule has 0 amide bonds. The molecule has 0 aromatic carbocycles. The van der Waals surface area contributed by atoms with Crippen LogP contribution in [0.4, 0.5) is 0 Å². The van der Waals surface area contributed by atoms with Crippen LogP contribution in [-0.2, 0) is 4.74 Å². The number of ether oxygens (including phenoxy) is 1. The molecule has 7 heavy (non-hydrogen) atoms. The molecular formula is C5H11NO. The van der Waals surface area contributed by atoms with E-state index in [4.69, 9.17) is 4.74 Å². The second kappa shape index (κ2) is 1.46. The first-order valence-electron chi connectivity index (χ1n) is 2.60. The Balaban J connectivity index is 2.29. The molecule has 1 aliphatic heterocycles. The predicted octanol–water partition coefficient (Wildman–Crippen LogP) is 0.342. The lowest BCUT2D eigenvalue weighted by Gasteiger charge is -2.37. The molecule has 1 rings (SSSR count). The Morgan fingerprint density at radius 3 is 2.29 bits per heavy atom.